The van der Waals surface area contributed by atoms with E-state index in [-0.39, 0.29) is 34.9 Å². The quantitative estimate of drug-likeness (QED) is 0.505. The minimum atomic E-state index is -9.78. The number of nitrogens with zero attached hydrogens (tertiary/aromatic N) is 2. The Kier molecular flexibility index (Phi) is 3.85. The van der Waals surface area contributed by atoms with Gasteiger partial charge in [0.25, 0.3) is 0 Å². The van der Waals surface area contributed by atoms with Crippen LogP contribution >= 0.6 is 10.2 Å². The number of aromatic nitrogens is 2. The van der Waals surface area contributed by atoms with Crippen LogP contribution < -0.4 is 4.74 Å². The van der Waals surface area contributed by atoms with Gasteiger partial charge in [0.15, 0.2) is 5.82 Å². The maximum atomic E-state index is 13.5. The molecular weight excluding hydrogens is 398 g/mol. The summed E-state index contributed by atoms with van der Waals surface area (Å²) in [6.07, 6.45) is 2.45. The number of benzene rings is 1. The fraction of sp³-hybridized carbons (Fsp3) is 0. The predicted octanol–water partition coefficient (Wildman–Crippen LogP) is 6.44. The van der Waals surface area contributed by atoms with Gasteiger partial charge in [0.1, 0.15) is 10.6 Å². The lowest BCUT2D eigenvalue weighted by Gasteiger charge is -2.40. The van der Waals surface area contributed by atoms with Crippen LogP contribution in [-0.4, -0.2) is 15.1 Å². The van der Waals surface area contributed by atoms with Crippen molar-refractivity contribution >= 4 is 10.2 Å². The summed E-state index contributed by atoms with van der Waals surface area (Å²) in [7, 11) is -9.78. The summed E-state index contributed by atoms with van der Waals surface area (Å²) in [4.78, 5) is 5.31. The summed E-state index contributed by atoms with van der Waals surface area (Å²) in [5.74, 6) is -2.11. The molecule has 1 N–H and O–H groups in total. The van der Waals surface area contributed by atoms with Crippen molar-refractivity contribution in [2.45, 2.75) is 4.90 Å². The van der Waals surface area contributed by atoms with Gasteiger partial charge in [-0.1, -0.05) is 19.4 Å². The highest BCUT2D eigenvalue weighted by Crippen LogP contribution is 3.02. The van der Waals surface area contributed by atoms with Crippen molar-refractivity contribution in [1.29, 1.82) is 0 Å². The Morgan fingerprint density at radius 2 is 1.59 bits per heavy atom. The van der Waals surface area contributed by atoms with E-state index in [1.807, 2.05) is 0 Å². The molecule has 3 rings (SSSR count). The van der Waals surface area contributed by atoms with E-state index in [0.717, 1.165) is 24.4 Å². The number of hydrogen-bond acceptors (Lipinski definition) is 4. The third kappa shape index (κ3) is 4.25. The summed E-state index contributed by atoms with van der Waals surface area (Å²) in [5.41, 5.74) is 0.401. The smallest absolute Gasteiger partial charge is 0.310 e. The number of ether oxygens (including phenoxy) is 1. The second-order valence-electron chi connectivity index (χ2n) is 5.43. The van der Waals surface area contributed by atoms with Crippen LogP contribution in [-0.2, 0) is 0 Å². The number of pyridine rings is 2. The minimum absolute atomic E-state index is 0.121. The lowest BCUT2D eigenvalue weighted by atomic mass is 10.1. The molecule has 0 atom stereocenters. The van der Waals surface area contributed by atoms with Crippen molar-refractivity contribution in [2.75, 3.05) is 0 Å². The van der Waals surface area contributed by atoms with Crippen molar-refractivity contribution in [1.82, 2.24) is 9.97 Å². The van der Waals surface area contributed by atoms with E-state index in [1.165, 1.54) is 18.3 Å². The van der Waals surface area contributed by atoms with Crippen LogP contribution in [0.1, 0.15) is 0 Å². The molecule has 0 amide bonds. The van der Waals surface area contributed by atoms with Crippen molar-refractivity contribution in [3.05, 3.63) is 60.7 Å². The molecular formula is C16H10F6N2O2S. The maximum absolute atomic E-state index is 13.5. The molecule has 0 aliphatic rings. The molecule has 0 aliphatic carbocycles. The average molecular weight is 408 g/mol. The van der Waals surface area contributed by atoms with Crippen LogP contribution in [0.3, 0.4) is 0 Å². The molecule has 0 bridgehead atoms. The molecule has 0 spiro atoms. The van der Waals surface area contributed by atoms with Crippen LogP contribution in [0.5, 0.6) is 17.5 Å². The molecule has 27 heavy (non-hydrogen) atoms. The SMILES string of the molecule is Oc1ncc(-c2cccnc2Oc2ccc(S(F)(F)(F)(F)F)cc2)cc1F. The van der Waals surface area contributed by atoms with Gasteiger partial charge in [-0.05, 0) is 42.5 Å². The monoisotopic (exact) mass is 408 g/mol. The van der Waals surface area contributed by atoms with Gasteiger partial charge in [-0.3, -0.25) is 0 Å². The molecule has 2 heterocycles. The largest absolute Gasteiger partial charge is 0.491 e. The Morgan fingerprint density at radius 1 is 0.926 bits per heavy atom. The molecule has 0 radical (unpaired) electrons. The first-order valence-corrected chi connectivity index (χ1v) is 9.10. The second-order valence-corrected chi connectivity index (χ2v) is 7.84. The van der Waals surface area contributed by atoms with Crippen LogP contribution in [0.25, 0.3) is 11.1 Å². The van der Waals surface area contributed by atoms with E-state index in [4.69, 9.17) is 9.84 Å². The minimum Gasteiger partial charge on any atom is -0.491 e. The highest BCUT2D eigenvalue weighted by molar-refractivity contribution is 8.45. The van der Waals surface area contributed by atoms with Gasteiger partial charge < -0.3 is 9.84 Å². The highest BCUT2D eigenvalue weighted by Gasteiger charge is 2.65. The van der Waals surface area contributed by atoms with Gasteiger partial charge in [-0.25, -0.2) is 14.4 Å². The van der Waals surface area contributed by atoms with Gasteiger partial charge in [0, 0.05) is 23.5 Å². The summed E-state index contributed by atoms with van der Waals surface area (Å²) < 4.78 is 82.6. The number of rotatable bonds is 4. The Balaban J connectivity index is 1.95. The summed E-state index contributed by atoms with van der Waals surface area (Å²) in [5, 5.41) is 9.15. The van der Waals surface area contributed by atoms with Crippen LogP contribution in [0.2, 0.25) is 0 Å². The predicted molar refractivity (Wildman–Crippen MR) is 87.0 cm³/mol. The van der Waals surface area contributed by atoms with Gasteiger partial charge in [-0.15, -0.1) is 0 Å². The Labute approximate surface area is 148 Å². The lowest BCUT2D eigenvalue weighted by molar-refractivity contribution is 0.363. The number of halogens is 6. The van der Waals surface area contributed by atoms with Crippen molar-refractivity contribution in [2.24, 2.45) is 0 Å². The molecule has 0 saturated heterocycles. The van der Waals surface area contributed by atoms with Crippen LogP contribution in [0.4, 0.5) is 23.8 Å². The number of aromatic hydroxyl groups is 1. The van der Waals surface area contributed by atoms with Gasteiger partial charge in [-0.2, -0.15) is 0 Å². The van der Waals surface area contributed by atoms with E-state index in [1.54, 1.807) is 0 Å². The average Bonchev–Trinajstić information content (AvgIpc) is 2.56. The zero-order valence-corrected chi connectivity index (χ0v) is 13.9. The van der Waals surface area contributed by atoms with Crippen molar-refractivity contribution < 1.29 is 33.7 Å². The van der Waals surface area contributed by atoms with E-state index in [9.17, 15) is 23.8 Å². The molecule has 11 heteroatoms. The van der Waals surface area contributed by atoms with E-state index in [0.29, 0.717) is 0 Å². The van der Waals surface area contributed by atoms with Gasteiger partial charge in [0.05, 0.1) is 0 Å². The third-order valence-electron chi connectivity index (χ3n) is 3.39. The van der Waals surface area contributed by atoms with Crippen molar-refractivity contribution in [3.63, 3.8) is 0 Å². The Bertz CT molecular complexity index is 1010. The first kappa shape index (κ1) is 18.8. The molecule has 0 saturated carbocycles. The molecule has 2 aromatic heterocycles. The van der Waals surface area contributed by atoms with E-state index >= 15 is 0 Å². The van der Waals surface area contributed by atoms with Crippen LogP contribution in [0.15, 0.2) is 59.8 Å². The molecule has 0 fully saturated rings. The van der Waals surface area contributed by atoms with Crippen LogP contribution in [0, 0.1) is 5.82 Å². The number of hydrogen-bond donors (Lipinski definition) is 1. The second kappa shape index (κ2) is 5.52. The normalized spacial score (nSPS) is 14.3. The first-order valence-electron chi connectivity index (χ1n) is 7.15. The Morgan fingerprint density at radius 3 is 2.19 bits per heavy atom. The first-order chi connectivity index (χ1) is 12.3. The standard InChI is InChI=1S/C16H10F6N2O2S/c17-14-8-10(9-24-15(14)25)13-2-1-7-23-16(13)26-11-3-5-12(6-4-11)27(18,19,20,21)22/h1-9H,(H,24,25). The zero-order valence-electron chi connectivity index (χ0n) is 13.1. The summed E-state index contributed by atoms with van der Waals surface area (Å²) in [6, 6.07) is 5.79. The summed E-state index contributed by atoms with van der Waals surface area (Å²) in [6.45, 7) is 0. The maximum Gasteiger partial charge on any atom is 0.310 e. The summed E-state index contributed by atoms with van der Waals surface area (Å²) >= 11 is 0. The fourth-order valence-corrected chi connectivity index (χ4v) is 2.80. The van der Waals surface area contributed by atoms with Gasteiger partial charge >= 0.3 is 10.2 Å². The third-order valence-corrected chi connectivity index (χ3v) is 4.55. The molecule has 1 aromatic carbocycles. The topological polar surface area (TPSA) is 55.2 Å². The fourth-order valence-electron chi connectivity index (χ4n) is 2.15. The highest BCUT2D eigenvalue weighted by atomic mass is 32.5. The lowest BCUT2D eigenvalue weighted by Crippen LogP contribution is -2.05. The van der Waals surface area contributed by atoms with Gasteiger partial charge in [0.2, 0.25) is 11.8 Å². The Hall–Kier alpha value is -2.95. The zero-order chi connectivity index (χ0) is 19.9. The molecule has 0 aliphatic heterocycles. The molecule has 3 aromatic rings. The molecule has 144 valence electrons. The molecule has 0 unspecified atom stereocenters. The van der Waals surface area contributed by atoms with Crippen molar-refractivity contribution in [3.8, 4) is 28.6 Å². The molecule has 4 nitrogen and oxygen atoms in total. The van der Waals surface area contributed by atoms with E-state index < -0.39 is 26.8 Å². The van der Waals surface area contributed by atoms with E-state index in [2.05, 4.69) is 9.97 Å².